The lowest BCUT2D eigenvalue weighted by Gasteiger charge is -2.39. The topological polar surface area (TPSA) is 58.4 Å². The minimum atomic E-state index is -0.0330. The maximum absolute atomic E-state index is 12.0. The van der Waals surface area contributed by atoms with E-state index in [1.165, 1.54) is 0 Å². The van der Waals surface area contributed by atoms with Gasteiger partial charge in [-0.3, -0.25) is 9.69 Å². The fourth-order valence-electron chi connectivity index (χ4n) is 2.49. The number of nitrogens with zero attached hydrogens (tertiary/aromatic N) is 1. The Morgan fingerprint density at radius 1 is 1.59 bits per heavy atom. The predicted molar refractivity (Wildman–Crippen MR) is 70.8 cm³/mol. The molecule has 0 bridgehead atoms. The number of amides is 1. The fraction of sp³-hybridized carbons (Fsp3) is 0.923. The Bertz CT molecular complexity index is 245. The molecule has 1 amide bonds. The summed E-state index contributed by atoms with van der Waals surface area (Å²) in [5.74, 6) is 0.153. The Morgan fingerprint density at radius 3 is 2.88 bits per heavy atom. The van der Waals surface area contributed by atoms with Crippen LogP contribution in [0.15, 0.2) is 0 Å². The molecular weight excluding hydrogens is 214 g/mol. The molecule has 1 aliphatic rings. The molecule has 1 heterocycles. The van der Waals surface area contributed by atoms with Gasteiger partial charge in [-0.25, -0.2) is 0 Å². The number of hydrogen-bond acceptors (Lipinski definition) is 3. The van der Waals surface area contributed by atoms with Gasteiger partial charge in [0.05, 0.1) is 6.04 Å². The number of nitrogens with one attached hydrogen (secondary N) is 1. The van der Waals surface area contributed by atoms with Crippen LogP contribution in [0.3, 0.4) is 0 Å². The summed E-state index contributed by atoms with van der Waals surface area (Å²) in [5, 5.41) is 3.00. The van der Waals surface area contributed by atoms with Gasteiger partial charge in [0.1, 0.15) is 0 Å². The Hall–Kier alpha value is -0.610. The zero-order chi connectivity index (χ0) is 12.8. The third-order valence-corrected chi connectivity index (χ3v) is 3.67. The van der Waals surface area contributed by atoms with Crippen molar-refractivity contribution in [2.24, 2.45) is 5.73 Å². The summed E-state index contributed by atoms with van der Waals surface area (Å²) in [6.07, 6.45) is 4.16. The number of rotatable bonds is 5. The molecule has 100 valence electrons. The van der Waals surface area contributed by atoms with Crippen LogP contribution in [0.2, 0.25) is 0 Å². The number of nitrogens with two attached hydrogens (primary N) is 1. The van der Waals surface area contributed by atoms with Crippen molar-refractivity contribution in [3.63, 3.8) is 0 Å². The number of carbonyl (C=O) groups excluding carboxylic acids is 1. The van der Waals surface area contributed by atoms with E-state index in [0.717, 1.165) is 38.8 Å². The Kier molecular flexibility index (Phi) is 5.92. The normalized spacial score (nSPS) is 27.8. The quantitative estimate of drug-likeness (QED) is 0.709. The van der Waals surface area contributed by atoms with Gasteiger partial charge >= 0.3 is 0 Å². The Balaban J connectivity index is 2.40. The number of piperidine rings is 1. The monoisotopic (exact) mass is 241 g/mol. The third-order valence-electron chi connectivity index (χ3n) is 3.67. The maximum Gasteiger partial charge on any atom is 0.237 e. The SMILES string of the molecule is CCCCNC(=O)C(C)N1CCC(N)CC1C. The smallest absolute Gasteiger partial charge is 0.237 e. The summed E-state index contributed by atoms with van der Waals surface area (Å²) in [6.45, 7) is 8.01. The molecular formula is C13H27N3O. The van der Waals surface area contributed by atoms with E-state index < -0.39 is 0 Å². The number of unbranched alkanes of at least 4 members (excludes halogenated alkanes) is 1. The van der Waals surface area contributed by atoms with E-state index in [9.17, 15) is 4.79 Å². The van der Waals surface area contributed by atoms with Crippen molar-refractivity contribution in [2.75, 3.05) is 13.1 Å². The molecule has 0 aromatic rings. The lowest BCUT2D eigenvalue weighted by Crippen LogP contribution is -2.54. The second-order valence-electron chi connectivity index (χ2n) is 5.19. The highest BCUT2D eigenvalue weighted by Gasteiger charge is 2.29. The lowest BCUT2D eigenvalue weighted by atomic mass is 9.97. The highest BCUT2D eigenvalue weighted by molar-refractivity contribution is 5.81. The van der Waals surface area contributed by atoms with Gasteiger partial charge in [0.15, 0.2) is 0 Å². The third kappa shape index (κ3) is 4.28. The second-order valence-corrected chi connectivity index (χ2v) is 5.19. The summed E-state index contributed by atoms with van der Waals surface area (Å²) >= 11 is 0. The van der Waals surface area contributed by atoms with E-state index in [0.29, 0.717) is 12.1 Å². The maximum atomic E-state index is 12.0. The molecule has 1 saturated heterocycles. The summed E-state index contributed by atoms with van der Waals surface area (Å²) in [7, 11) is 0. The largest absolute Gasteiger partial charge is 0.355 e. The standard InChI is InChI=1S/C13H27N3O/c1-4-5-7-15-13(17)11(3)16-8-6-12(14)9-10(16)2/h10-12H,4-9,14H2,1-3H3,(H,15,17). The zero-order valence-corrected chi connectivity index (χ0v) is 11.4. The molecule has 0 spiro atoms. The summed E-state index contributed by atoms with van der Waals surface area (Å²) in [4.78, 5) is 14.2. The lowest BCUT2D eigenvalue weighted by molar-refractivity contribution is -0.127. The van der Waals surface area contributed by atoms with Crippen molar-refractivity contribution in [3.8, 4) is 0 Å². The van der Waals surface area contributed by atoms with Crippen molar-refractivity contribution < 1.29 is 4.79 Å². The van der Waals surface area contributed by atoms with Crippen LogP contribution in [0.4, 0.5) is 0 Å². The highest BCUT2D eigenvalue weighted by Crippen LogP contribution is 2.18. The van der Waals surface area contributed by atoms with Gasteiger partial charge in [0, 0.05) is 25.2 Å². The van der Waals surface area contributed by atoms with Crippen molar-refractivity contribution in [1.29, 1.82) is 0 Å². The van der Waals surface area contributed by atoms with Crippen LogP contribution in [0.25, 0.3) is 0 Å². The first kappa shape index (κ1) is 14.5. The summed E-state index contributed by atoms with van der Waals surface area (Å²) in [6, 6.07) is 0.677. The van der Waals surface area contributed by atoms with Crippen LogP contribution >= 0.6 is 0 Å². The first-order chi connectivity index (χ1) is 8.06. The summed E-state index contributed by atoms with van der Waals surface area (Å²) < 4.78 is 0. The van der Waals surface area contributed by atoms with Gasteiger partial charge in [-0.15, -0.1) is 0 Å². The molecule has 4 heteroatoms. The van der Waals surface area contributed by atoms with Crippen molar-refractivity contribution >= 4 is 5.91 Å². The molecule has 3 unspecified atom stereocenters. The Morgan fingerprint density at radius 2 is 2.29 bits per heavy atom. The molecule has 0 aliphatic carbocycles. The first-order valence-corrected chi connectivity index (χ1v) is 6.85. The van der Waals surface area contributed by atoms with Crippen molar-refractivity contribution in [2.45, 2.75) is 64.6 Å². The zero-order valence-electron chi connectivity index (χ0n) is 11.4. The molecule has 3 atom stereocenters. The van der Waals surface area contributed by atoms with E-state index in [1.54, 1.807) is 0 Å². The van der Waals surface area contributed by atoms with Crippen LogP contribution in [-0.4, -0.2) is 42.0 Å². The van der Waals surface area contributed by atoms with Crippen LogP contribution in [0, 0.1) is 0 Å². The number of hydrogen-bond donors (Lipinski definition) is 2. The van der Waals surface area contributed by atoms with E-state index in [1.807, 2.05) is 6.92 Å². The molecule has 3 N–H and O–H groups in total. The van der Waals surface area contributed by atoms with Gasteiger partial charge < -0.3 is 11.1 Å². The van der Waals surface area contributed by atoms with Crippen molar-refractivity contribution in [1.82, 2.24) is 10.2 Å². The van der Waals surface area contributed by atoms with E-state index >= 15 is 0 Å². The molecule has 0 aromatic heterocycles. The van der Waals surface area contributed by atoms with Gasteiger partial charge in [-0.1, -0.05) is 13.3 Å². The Labute approximate surface area is 105 Å². The minimum Gasteiger partial charge on any atom is -0.355 e. The van der Waals surface area contributed by atoms with Crippen LogP contribution < -0.4 is 11.1 Å². The molecule has 0 saturated carbocycles. The highest BCUT2D eigenvalue weighted by atomic mass is 16.2. The van der Waals surface area contributed by atoms with E-state index in [-0.39, 0.29) is 11.9 Å². The molecule has 4 nitrogen and oxygen atoms in total. The number of likely N-dealkylation sites (tertiary alicyclic amines) is 1. The summed E-state index contributed by atoms with van der Waals surface area (Å²) in [5.41, 5.74) is 5.93. The number of carbonyl (C=O) groups is 1. The van der Waals surface area contributed by atoms with Crippen LogP contribution in [-0.2, 0) is 4.79 Å². The molecule has 0 radical (unpaired) electrons. The molecule has 1 fully saturated rings. The molecule has 17 heavy (non-hydrogen) atoms. The van der Waals surface area contributed by atoms with Gasteiger partial charge in [0.2, 0.25) is 5.91 Å². The molecule has 0 aromatic carbocycles. The fourth-order valence-corrected chi connectivity index (χ4v) is 2.49. The first-order valence-electron chi connectivity index (χ1n) is 6.85. The van der Waals surface area contributed by atoms with Crippen molar-refractivity contribution in [3.05, 3.63) is 0 Å². The second kappa shape index (κ2) is 6.97. The van der Waals surface area contributed by atoms with Crippen LogP contribution in [0.1, 0.15) is 46.5 Å². The average Bonchev–Trinajstić information content (AvgIpc) is 2.28. The van der Waals surface area contributed by atoms with Gasteiger partial charge in [-0.2, -0.15) is 0 Å². The van der Waals surface area contributed by atoms with Crippen LogP contribution in [0.5, 0.6) is 0 Å². The predicted octanol–water partition coefficient (Wildman–Crippen LogP) is 1.10. The molecule has 1 aliphatic heterocycles. The van der Waals surface area contributed by atoms with E-state index in [4.69, 9.17) is 5.73 Å². The van der Waals surface area contributed by atoms with E-state index in [2.05, 4.69) is 24.1 Å². The minimum absolute atomic E-state index is 0.0330. The van der Waals surface area contributed by atoms with Gasteiger partial charge in [-0.05, 0) is 33.1 Å². The molecule has 1 rings (SSSR count). The van der Waals surface area contributed by atoms with Gasteiger partial charge in [0.25, 0.3) is 0 Å². The average molecular weight is 241 g/mol.